The molecule has 4 N–H and O–H groups in total. The topological polar surface area (TPSA) is 119 Å². The summed E-state index contributed by atoms with van der Waals surface area (Å²) in [5.74, 6) is 1.88. The number of aliphatic hydroxyl groups is 2. The van der Waals surface area contributed by atoms with Crippen molar-refractivity contribution < 1.29 is 14.6 Å². The van der Waals surface area contributed by atoms with Crippen LogP contribution in [0.15, 0.2) is 48.9 Å². The summed E-state index contributed by atoms with van der Waals surface area (Å²) in [6.45, 7) is 1.28. The smallest absolute Gasteiger partial charge is 0.226 e. The molecular weight excluding hydrogens is 401 g/mol. The molecule has 0 bridgehead atoms. The number of benzene rings is 1. The van der Waals surface area contributed by atoms with Crippen LogP contribution in [0.1, 0.15) is 18.4 Å². The fraction of sp³-hybridized carbons (Fsp3) is 0.333. The van der Waals surface area contributed by atoms with Crippen LogP contribution in [0, 0.1) is 5.82 Å². The molecule has 0 spiro atoms. The summed E-state index contributed by atoms with van der Waals surface area (Å²) in [7, 11) is 0. The van der Waals surface area contributed by atoms with Crippen molar-refractivity contribution in [3.8, 4) is 0 Å². The second-order valence-corrected chi connectivity index (χ2v) is 7.50. The average molecular weight is 425 g/mol. The Morgan fingerprint density at radius 3 is 2.52 bits per heavy atom. The highest BCUT2D eigenvalue weighted by Gasteiger charge is 2.32. The van der Waals surface area contributed by atoms with Gasteiger partial charge in [-0.1, -0.05) is 12.1 Å². The zero-order valence-electron chi connectivity index (χ0n) is 16.9. The molecule has 9 nitrogen and oxygen atoms in total. The number of hydrogen-bond acceptors (Lipinski definition) is 9. The van der Waals surface area contributed by atoms with E-state index in [4.69, 9.17) is 0 Å². The molecule has 1 aliphatic heterocycles. The van der Waals surface area contributed by atoms with Crippen LogP contribution in [0.2, 0.25) is 0 Å². The highest BCUT2D eigenvalue weighted by Crippen LogP contribution is 2.27. The van der Waals surface area contributed by atoms with Crippen LogP contribution >= 0.6 is 0 Å². The lowest BCUT2D eigenvalue weighted by Gasteiger charge is -2.37. The molecule has 0 aliphatic carbocycles. The second kappa shape index (κ2) is 9.19. The summed E-state index contributed by atoms with van der Waals surface area (Å²) in [5, 5.41) is 26.0. The molecule has 2 aromatic heterocycles. The van der Waals surface area contributed by atoms with Crippen molar-refractivity contribution in [1.29, 1.82) is 0 Å². The van der Waals surface area contributed by atoms with Crippen LogP contribution in [-0.2, 0) is 6.54 Å². The van der Waals surface area contributed by atoms with Crippen LogP contribution < -0.4 is 15.5 Å². The normalized spacial score (nSPS) is 15.5. The standard InChI is InChI=1S/C21H24FN7O2/c22-16-3-1-15(2-4-16)12-25-20-27-17(26-18-13-23-7-8-24-18)11-19(28-20)29-9-5-21(31,14-30)6-10-29/h1-4,7-8,11,13,30-31H,5-6,9-10,12,14H2,(H2,24,25,26,27,28). The van der Waals surface area contributed by atoms with E-state index in [1.54, 1.807) is 36.8 Å². The molecule has 0 radical (unpaired) electrons. The Morgan fingerprint density at radius 1 is 1.06 bits per heavy atom. The van der Waals surface area contributed by atoms with E-state index >= 15 is 0 Å². The van der Waals surface area contributed by atoms with E-state index in [0.717, 1.165) is 5.56 Å². The lowest BCUT2D eigenvalue weighted by molar-refractivity contribution is -0.0326. The van der Waals surface area contributed by atoms with Gasteiger partial charge in [-0.15, -0.1) is 0 Å². The van der Waals surface area contributed by atoms with E-state index in [1.807, 2.05) is 4.90 Å². The Labute approximate surface area is 179 Å². The molecule has 31 heavy (non-hydrogen) atoms. The largest absolute Gasteiger partial charge is 0.393 e. The van der Waals surface area contributed by atoms with Crippen LogP contribution in [-0.4, -0.2) is 55.4 Å². The molecule has 1 aliphatic rings. The Balaban J connectivity index is 1.55. The Morgan fingerprint density at radius 2 is 1.84 bits per heavy atom. The van der Waals surface area contributed by atoms with Crippen LogP contribution in [0.3, 0.4) is 0 Å². The van der Waals surface area contributed by atoms with Gasteiger partial charge < -0.3 is 25.7 Å². The highest BCUT2D eigenvalue weighted by atomic mass is 19.1. The Bertz CT molecular complexity index is 996. The van der Waals surface area contributed by atoms with E-state index in [1.165, 1.54) is 12.1 Å². The van der Waals surface area contributed by atoms with Crippen LogP contribution in [0.5, 0.6) is 0 Å². The van der Waals surface area contributed by atoms with Gasteiger partial charge in [0.05, 0.1) is 18.4 Å². The maximum absolute atomic E-state index is 13.1. The minimum absolute atomic E-state index is 0.255. The number of hydrogen-bond donors (Lipinski definition) is 4. The predicted molar refractivity (Wildman–Crippen MR) is 115 cm³/mol. The van der Waals surface area contributed by atoms with E-state index in [2.05, 4.69) is 30.6 Å². The molecule has 1 fully saturated rings. The monoisotopic (exact) mass is 425 g/mol. The molecule has 0 saturated carbocycles. The summed E-state index contributed by atoms with van der Waals surface area (Å²) in [6.07, 6.45) is 5.65. The van der Waals surface area contributed by atoms with E-state index in [0.29, 0.717) is 55.9 Å². The van der Waals surface area contributed by atoms with Crippen molar-refractivity contribution in [3.63, 3.8) is 0 Å². The Hall–Kier alpha value is -3.37. The molecule has 162 valence electrons. The third-order valence-electron chi connectivity index (χ3n) is 5.21. The molecule has 3 heterocycles. The third-order valence-corrected chi connectivity index (χ3v) is 5.21. The summed E-state index contributed by atoms with van der Waals surface area (Å²) in [4.78, 5) is 19.4. The van der Waals surface area contributed by atoms with Gasteiger partial charge in [0.2, 0.25) is 5.95 Å². The maximum atomic E-state index is 13.1. The van der Waals surface area contributed by atoms with Gasteiger partial charge in [-0.25, -0.2) is 9.37 Å². The van der Waals surface area contributed by atoms with Crippen molar-refractivity contribution in [1.82, 2.24) is 19.9 Å². The van der Waals surface area contributed by atoms with Crippen molar-refractivity contribution in [2.24, 2.45) is 0 Å². The molecule has 1 saturated heterocycles. The number of nitrogens with one attached hydrogen (secondary N) is 2. The lowest BCUT2D eigenvalue weighted by Crippen LogP contribution is -2.47. The van der Waals surface area contributed by atoms with Crippen molar-refractivity contribution in [3.05, 3.63) is 60.3 Å². The molecule has 10 heteroatoms. The number of piperidine rings is 1. The zero-order chi connectivity index (χ0) is 21.7. The van der Waals surface area contributed by atoms with E-state index in [9.17, 15) is 14.6 Å². The van der Waals surface area contributed by atoms with Gasteiger partial charge in [-0.05, 0) is 30.5 Å². The van der Waals surface area contributed by atoms with Gasteiger partial charge in [0.15, 0.2) is 0 Å². The van der Waals surface area contributed by atoms with Gasteiger partial charge >= 0.3 is 0 Å². The number of rotatable bonds is 7. The summed E-state index contributed by atoms with van der Waals surface area (Å²) >= 11 is 0. The molecule has 0 atom stereocenters. The highest BCUT2D eigenvalue weighted by molar-refractivity contribution is 5.59. The first-order valence-corrected chi connectivity index (χ1v) is 10.0. The van der Waals surface area contributed by atoms with Crippen LogP contribution in [0.25, 0.3) is 0 Å². The number of anilines is 4. The van der Waals surface area contributed by atoms with E-state index in [-0.39, 0.29) is 12.4 Å². The van der Waals surface area contributed by atoms with Gasteiger partial charge in [0.1, 0.15) is 23.3 Å². The fourth-order valence-electron chi connectivity index (χ4n) is 3.33. The molecular formula is C21H24FN7O2. The first-order chi connectivity index (χ1) is 15.0. The minimum atomic E-state index is -1.05. The van der Waals surface area contributed by atoms with Gasteiger partial charge in [0, 0.05) is 38.1 Å². The van der Waals surface area contributed by atoms with Crippen molar-refractivity contribution in [2.45, 2.75) is 25.0 Å². The van der Waals surface area contributed by atoms with Gasteiger partial charge in [-0.3, -0.25) is 4.98 Å². The quantitative estimate of drug-likeness (QED) is 0.451. The van der Waals surface area contributed by atoms with Gasteiger partial charge in [0.25, 0.3) is 0 Å². The van der Waals surface area contributed by atoms with Crippen LogP contribution in [0.4, 0.5) is 27.8 Å². The number of aromatic nitrogens is 4. The first-order valence-electron chi connectivity index (χ1n) is 10.0. The molecule has 0 amide bonds. The number of aliphatic hydroxyl groups excluding tert-OH is 1. The molecule has 4 rings (SSSR count). The predicted octanol–water partition coefficient (Wildman–Crippen LogP) is 2.08. The number of halogens is 1. The zero-order valence-corrected chi connectivity index (χ0v) is 16.9. The fourth-order valence-corrected chi connectivity index (χ4v) is 3.33. The lowest BCUT2D eigenvalue weighted by atomic mass is 9.92. The van der Waals surface area contributed by atoms with Crippen molar-refractivity contribution in [2.75, 3.05) is 35.2 Å². The Kier molecular flexibility index (Phi) is 6.19. The SMILES string of the molecule is OCC1(O)CCN(c2cc(Nc3cnccn3)nc(NCc3ccc(F)cc3)n2)CC1. The van der Waals surface area contributed by atoms with E-state index < -0.39 is 5.60 Å². The molecule has 1 aromatic carbocycles. The molecule has 3 aromatic rings. The first kappa shape index (κ1) is 20.9. The second-order valence-electron chi connectivity index (χ2n) is 7.50. The number of nitrogens with zero attached hydrogens (tertiary/aromatic N) is 5. The average Bonchev–Trinajstić information content (AvgIpc) is 2.80. The van der Waals surface area contributed by atoms with Gasteiger partial charge in [-0.2, -0.15) is 9.97 Å². The molecule has 0 unspecified atom stereocenters. The minimum Gasteiger partial charge on any atom is -0.393 e. The summed E-state index contributed by atoms with van der Waals surface area (Å²) in [5.41, 5.74) is -0.154. The summed E-state index contributed by atoms with van der Waals surface area (Å²) in [6, 6.07) is 8.02. The maximum Gasteiger partial charge on any atom is 0.226 e. The summed E-state index contributed by atoms with van der Waals surface area (Å²) < 4.78 is 13.1. The third kappa shape index (κ3) is 5.41. The van der Waals surface area contributed by atoms with Crippen molar-refractivity contribution >= 4 is 23.4 Å².